The summed E-state index contributed by atoms with van der Waals surface area (Å²) in [6.07, 6.45) is -0.00355. The van der Waals surface area contributed by atoms with Crippen molar-refractivity contribution in [1.82, 2.24) is 4.90 Å². The van der Waals surface area contributed by atoms with Crippen LogP contribution in [0.5, 0.6) is 0 Å². The van der Waals surface area contributed by atoms with Crippen molar-refractivity contribution in [2.45, 2.75) is 32.8 Å². The van der Waals surface area contributed by atoms with Crippen LogP contribution >= 0.6 is 11.6 Å². The number of hydrogen-bond donors (Lipinski definition) is 0. The highest BCUT2D eigenvalue weighted by Gasteiger charge is 2.53. The van der Waals surface area contributed by atoms with Crippen LogP contribution in [0.3, 0.4) is 0 Å². The van der Waals surface area contributed by atoms with Crippen LogP contribution in [0.25, 0.3) is 0 Å². The van der Waals surface area contributed by atoms with Crippen molar-refractivity contribution in [3.05, 3.63) is 12.2 Å². The third-order valence-electron chi connectivity index (χ3n) is 3.03. The summed E-state index contributed by atoms with van der Waals surface area (Å²) in [6.45, 7) is 9.75. The number of halogens is 1. The molecule has 1 fully saturated rings. The molecule has 1 saturated heterocycles. The topological polar surface area (TPSA) is 55.8 Å². The largest absolute Gasteiger partial charge is 0.468 e. The van der Waals surface area contributed by atoms with Gasteiger partial charge in [0.25, 0.3) is 0 Å². The van der Waals surface area contributed by atoms with Gasteiger partial charge >= 0.3 is 12.1 Å². The zero-order valence-electron chi connectivity index (χ0n) is 12.5. The number of esters is 1. The fourth-order valence-electron chi connectivity index (χ4n) is 2.20. The molecule has 0 unspecified atom stereocenters. The standard InChI is InChI=1S/C14H22ClNO4/c1-10(7-15)6-14(11(17)19-5)8-16(9-14)12(18)20-13(2,3)4/h1,6-9H2,2-5H3. The molecule has 0 saturated carbocycles. The average Bonchev–Trinajstić information content (AvgIpc) is 2.29. The molecule has 6 heteroatoms. The molecule has 1 aliphatic heterocycles. The minimum absolute atomic E-state index is 0.268. The molecule has 0 bridgehead atoms. The van der Waals surface area contributed by atoms with E-state index in [1.165, 1.54) is 12.0 Å². The number of carbonyl (C=O) groups excluding carboxylic acids is 2. The van der Waals surface area contributed by atoms with Crippen LogP contribution in [0.1, 0.15) is 27.2 Å². The molecule has 0 aliphatic carbocycles. The Kier molecular flexibility index (Phi) is 5.08. The number of likely N-dealkylation sites (tertiary alicyclic amines) is 1. The van der Waals surface area contributed by atoms with Gasteiger partial charge in [0.1, 0.15) is 11.0 Å². The Morgan fingerprint density at radius 3 is 2.30 bits per heavy atom. The molecule has 0 radical (unpaired) electrons. The number of amides is 1. The van der Waals surface area contributed by atoms with Crippen molar-refractivity contribution in [1.29, 1.82) is 0 Å². The Labute approximate surface area is 124 Å². The number of allylic oxidation sites excluding steroid dienone is 1. The van der Waals surface area contributed by atoms with E-state index in [9.17, 15) is 9.59 Å². The van der Waals surface area contributed by atoms with Crippen LogP contribution in [0, 0.1) is 5.41 Å². The zero-order valence-corrected chi connectivity index (χ0v) is 13.2. The molecule has 1 rings (SSSR count). The smallest absolute Gasteiger partial charge is 0.410 e. The predicted octanol–water partition coefficient (Wildman–Crippen LogP) is 2.58. The predicted molar refractivity (Wildman–Crippen MR) is 76.7 cm³/mol. The van der Waals surface area contributed by atoms with E-state index in [-0.39, 0.29) is 24.9 Å². The fraction of sp³-hybridized carbons (Fsp3) is 0.714. The van der Waals surface area contributed by atoms with Crippen molar-refractivity contribution < 1.29 is 19.1 Å². The van der Waals surface area contributed by atoms with Crippen molar-refractivity contribution in [3.63, 3.8) is 0 Å². The Morgan fingerprint density at radius 1 is 1.35 bits per heavy atom. The molecule has 20 heavy (non-hydrogen) atoms. The van der Waals surface area contributed by atoms with Crippen molar-refractivity contribution in [2.75, 3.05) is 26.1 Å². The molecule has 1 heterocycles. The maximum Gasteiger partial charge on any atom is 0.410 e. The van der Waals surface area contributed by atoms with Crippen LogP contribution in [0.2, 0.25) is 0 Å². The molecular weight excluding hydrogens is 282 g/mol. The highest BCUT2D eigenvalue weighted by atomic mass is 35.5. The molecular formula is C14H22ClNO4. The van der Waals surface area contributed by atoms with E-state index in [1.807, 2.05) is 0 Å². The lowest BCUT2D eigenvalue weighted by atomic mass is 9.75. The van der Waals surface area contributed by atoms with Gasteiger partial charge in [-0.1, -0.05) is 12.2 Å². The average molecular weight is 304 g/mol. The summed E-state index contributed by atoms with van der Waals surface area (Å²) in [7, 11) is 1.34. The summed E-state index contributed by atoms with van der Waals surface area (Å²) in [5, 5.41) is 0. The number of rotatable bonds is 4. The number of ether oxygens (including phenoxy) is 2. The van der Waals surface area contributed by atoms with E-state index < -0.39 is 17.1 Å². The molecule has 0 spiro atoms. The van der Waals surface area contributed by atoms with E-state index in [2.05, 4.69) is 6.58 Å². The quantitative estimate of drug-likeness (QED) is 0.455. The second kappa shape index (κ2) is 6.04. The monoisotopic (exact) mass is 303 g/mol. The van der Waals surface area contributed by atoms with Gasteiger partial charge in [0.2, 0.25) is 0 Å². The van der Waals surface area contributed by atoms with Gasteiger partial charge in [0, 0.05) is 19.0 Å². The van der Waals surface area contributed by atoms with E-state index in [0.29, 0.717) is 6.42 Å². The minimum atomic E-state index is -0.738. The summed E-state index contributed by atoms with van der Waals surface area (Å²) in [4.78, 5) is 25.3. The molecule has 0 N–H and O–H groups in total. The van der Waals surface area contributed by atoms with Crippen LogP contribution < -0.4 is 0 Å². The highest BCUT2D eigenvalue weighted by Crippen LogP contribution is 2.38. The Balaban J connectivity index is 2.69. The van der Waals surface area contributed by atoms with E-state index in [1.54, 1.807) is 20.8 Å². The molecule has 0 aromatic heterocycles. The minimum Gasteiger partial charge on any atom is -0.468 e. The summed E-state index contributed by atoms with van der Waals surface area (Å²) in [6, 6.07) is 0. The number of nitrogens with zero attached hydrogens (tertiary/aromatic N) is 1. The van der Waals surface area contributed by atoms with E-state index in [0.717, 1.165) is 5.57 Å². The van der Waals surface area contributed by atoms with Crippen molar-refractivity contribution in [2.24, 2.45) is 5.41 Å². The second-order valence-electron chi connectivity index (χ2n) is 6.17. The van der Waals surface area contributed by atoms with Crippen LogP contribution in [-0.2, 0) is 14.3 Å². The van der Waals surface area contributed by atoms with Crippen LogP contribution in [-0.4, -0.2) is 48.6 Å². The second-order valence-corrected chi connectivity index (χ2v) is 6.44. The first-order valence-corrected chi connectivity index (χ1v) is 6.96. The first-order valence-electron chi connectivity index (χ1n) is 6.42. The Bertz CT molecular complexity index is 408. The van der Waals surface area contributed by atoms with Crippen LogP contribution in [0.4, 0.5) is 4.79 Å². The van der Waals surface area contributed by atoms with E-state index >= 15 is 0 Å². The molecule has 0 atom stereocenters. The molecule has 1 amide bonds. The Morgan fingerprint density at radius 2 is 1.90 bits per heavy atom. The van der Waals surface area contributed by atoms with Crippen LogP contribution in [0.15, 0.2) is 12.2 Å². The molecule has 5 nitrogen and oxygen atoms in total. The van der Waals surface area contributed by atoms with Crippen molar-refractivity contribution >= 4 is 23.7 Å². The number of alkyl halides is 1. The maximum absolute atomic E-state index is 11.9. The lowest BCUT2D eigenvalue weighted by Crippen LogP contribution is -2.63. The SMILES string of the molecule is C=C(CCl)CC1(C(=O)OC)CN(C(=O)OC(C)(C)C)C1. The van der Waals surface area contributed by atoms with Crippen molar-refractivity contribution in [3.8, 4) is 0 Å². The third-order valence-corrected chi connectivity index (χ3v) is 3.41. The lowest BCUT2D eigenvalue weighted by Gasteiger charge is -2.47. The van der Waals surface area contributed by atoms with Gasteiger partial charge in [-0.25, -0.2) is 4.79 Å². The number of carbonyl (C=O) groups is 2. The summed E-state index contributed by atoms with van der Waals surface area (Å²) in [5.74, 6) is -0.0610. The number of methoxy groups -OCH3 is 1. The molecule has 0 aromatic rings. The first-order chi connectivity index (χ1) is 9.13. The van der Waals surface area contributed by atoms with Gasteiger partial charge in [-0.15, -0.1) is 11.6 Å². The lowest BCUT2D eigenvalue weighted by molar-refractivity contribution is -0.163. The maximum atomic E-state index is 11.9. The third kappa shape index (κ3) is 3.88. The molecule has 114 valence electrons. The highest BCUT2D eigenvalue weighted by molar-refractivity contribution is 6.19. The summed E-state index contributed by atoms with van der Waals surface area (Å²) >= 11 is 5.72. The van der Waals surface area contributed by atoms with Gasteiger partial charge in [0.05, 0.1) is 7.11 Å². The first kappa shape index (κ1) is 16.8. The molecule has 0 aromatic carbocycles. The van der Waals surface area contributed by atoms with Gasteiger partial charge in [0.15, 0.2) is 0 Å². The Hall–Kier alpha value is -1.23. The van der Waals surface area contributed by atoms with Gasteiger partial charge in [-0.05, 0) is 27.2 Å². The summed E-state index contributed by atoms with van der Waals surface area (Å²) < 4.78 is 10.1. The molecule has 1 aliphatic rings. The fourth-order valence-corrected chi connectivity index (χ4v) is 2.29. The number of hydrogen-bond acceptors (Lipinski definition) is 4. The van der Waals surface area contributed by atoms with Gasteiger partial charge < -0.3 is 14.4 Å². The zero-order chi connectivity index (χ0) is 15.6. The van der Waals surface area contributed by atoms with Gasteiger partial charge in [-0.2, -0.15) is 0 Å². The normalized spacial score (nSPS) is 17.1. The van der Waals surface area contributed by atoms with E-state index in [4.69, 9.17) is 21.1 Å². The summed E-state index contributed by atoms with van der Waals surface area (Å²) in [5.41, 5.74) is -0.543. The van der Waals surface area contributed by atoms with Gasteiger partial charge in [-0.3, -0.25) is 4.79 Å².